The molecule has 13 heavy (non-hydrogen) atoms. The monoisotopic (exact) mass is 246 g/mol. The van der Waals surface area contributed by atoms with Gasteiger partial charge in [0.25, 0.3) is 0 Å². The summed E-state index contributed by atoms with van der Waals surface area (Å²) in [6.45, 7) is 0. The van der Waals surface area contributed by atoms with E-state index in [-0.39, 0.29) is 30.6 Å². The fourth-order valence-corrected chi connectivity index (χ4v) is 1.01. The maximum absolute atomic E-state index is 10.3. The first-order chi connectivity index (χ1) is 5.08. The van der Waals surface area contributed by atoms with Crippen LogP contribution in [0.3, 0.4) is 0 Å². The van der Waals surface area contributed by atoms with E-state index in [1.54, 1.807) is 12.1 Å². The number of nitrogens with one attached hydrogen (secondary N) is 1. The minimum Gasteiger partial charge on any atom is -0.308 e. The van der Waals surface area contributed by atoms with Gasteiger partial charge in [-0.1, -0.05) is 6.07 Å². The maximum atomic E-state index is 10.3. The molecule has 0 aromatic carbocycles. The van der Waals surface area contributed by atoms with Gasteiger partial charge in [0.2, 0.25) is 0 Å². The molecule has 0 fully saturated rings. The first-order valence-electron chi connectivity index (χ1n) is 2.83. The lowest BCUT2D eigenvalue weighted by atomic mass is 10.5. The molecule has 0 amide bonds. The van der Waals surface area contributed by atoms with Crippen LogP contribution >= 0.6 is 32.6 Å². The Morgan fingerprint density at radius 1 is 1.31 bits per heavy atom. The van der Waals surface area contributed by atoms with E-state index in [0.29, 0.717) is 0 Å². The molecule has 0 spiro atoms. The van der Waals surface area contributed by atoms with Gasteiger partial charge in [0.05, 0.1) is 0 Å². The number of hydrogen-bond donors (Lipinski definition) is 3. The number of halogens is 2. The van der Waals surface area contributed by atoms with Crippen molar-refractivity contribution in [3.63, 3.8) is 0 Å². The van der Waals surface area contributed by atoms with Crippen molar-refractivity contribution < 1.29 is 14.4 Å². The molecule has 8 heteroatoms. The van der Waals surface area contributed by atoms with E-state index in [1.807, 2.05) is 5.09 Å². The Kier molecular flexibility index (Phi) is 7.21. The molecule has 0 radical (unpaired) electrons. The van der Waals surface area contributed by atoms with Crippen LogP contribution < -0.4 is 5.09 Å². The van der Waals surface area contributed by atoms with Crippen molar-refractivity contribution in [2.45, 2.75) is 0 Å². The SMILES string of the molecule is Cl.Cl.O=P(O)(O)Nc1ccccn1. The average Bonchev–Trinajstić information content (AvgIpc) is 1.85. The summed E-state index contributed by atoms with van der Waals surface area (Å²) in [7, 11) is -4.20. The molecule has 76 valence electrons. The van der Waals surface area contributed by atoms with Crippen molar-refractivity contribution in [2.24, 2.45) is 0 Å². The third kappa shape index (κ3) is 6.81. The smallest absolute Gasteiger partial charge is 0.308 e. The van der Waals surface area contributed by atoms with Crippen molar-refractivity contribution in [1.82, 2.24) is 4.98 Å². The maximum Gasteiger partial charge on any atom is 0.428 e. The van der Waals surface area contributed by atoms with E-state index in [9.17, 15) is 4.57 Å². The highest BCUT2D eigenvalue weighted by Crippen LogP contribution is 2.33. The predicted molar refractivity (Wildman–Crippen MR) is 54.4 cm³/mol. The zero-order valence-electron chi connectivity index (χ0n) is 6.32. The fourth-order valence-electron chi connectivity index (χ4n) is 0.578. The lowest BCUT2D eigenvalue weighted by Crippen LogP contribution is -1.95. The Balaban J connectivity index is 0. The van der Waals surface area contributed by atoms with Gasteiger partial charge in [-0.2, -0.15) is 0 Å². The van der Waals surface area contributed by atoms with Crippen LogP contribution in [-0.2, 0) is 4.57 Å². The summed E-state index contributed by atoms with van der Waals surface area (Å²) in [6, 6.07) is 4.76. The van der Waals surface area contributed by atoms with Crippen molar-refractivity contribution in [3.05, 3.63) is 24.4 Å². The molecule has 0 atom stereocenters. The van der Waals surface area contributed by atoms with Gasteiger partial charge in [0.15, 0.2) is 0 Å². The zero-order valence-corrected chi connectivity index (χ0v) is 8.85. The summed E-state index contributed by atoms with van der Waals surface area (Å²) in [5.74, 6) is 0.167. The fraction of sp³-hybridized carbons (Fsp3) is 0. The van der Waals surface area contributed by atoms with Gasteiger partial charge in [-0.05, 0) is 12.1 Å². The summed E-state index contributed by atoms with van der Waals surface area (Å²) >= 11 is 0. The van der Waals surface area contributed by atoms with E-state index in [1.165, 1.54) is 12.3 Å². The quantitative estimate of drug-likeness (QED) is 0.688. The van der Waals surface area contributed by atoms with E-state index in [0.717, 1.165) is 0 Å². The minimum absolute atomic E-state index is 0. The van der Waals surface area contributed by atoms with Gasteiger partial charge in [0, 0.05) is 6.20 Å². The van der Waals surface area contributed by atoms with E-state index < -0.39 is 7.75 Å². The second kappa shape index (κ2) is 6.18. The van der Waals surface area contributed by atoms with Crippen LogP contribution in [-0.4, -0.2) is 14.8 Å². The molecule has 0 saturated heterocycles. The van der Waals surface area contributed by atoms with Crippen molar-refractivity contribution in [1.29, 1.82) is 0 Å². The molecule has 0 bridgehead atoms. The Labute approximate surface area is 87.6 Å². The number of nitrogens with zero attached hydrogens (tertiary/aromatic N) is 1. The summed E-state index contributed by atoms with van der Waals surface area (Å²) in [4.78, 5) is 20.5. The molecule has 3 N–H and O–H groups in total. The van der Waals surface area contributed by atoms with Crippen molar-refractivity contribution in [2.75, 3.05) is 5.09 Å². The molecule has 1 rings (SSSR count). The zero-order chi connectivity index (χ0) is 8.32. The second-order valence-electron chi connectivity index (χ2n) is 1.87. The van der Waals surface area contributed by atoms with Crippen LogP contribution in [0.5, 0.6) is 0 Å². The first-order valence-corrected chi connectivity index (χ1v) is 4.44. The standard InChI is InChI=1S/C5H7N2O3P.2ClH/c8-11(9,10)7-5-3-1-2-4-6-5;;/h1-4H,(H3,6,7,8,9,10);2*1H. The molecule has 0 unspecified atom stereocenters. The second-order valence-corrected chi connectivity index (χ2v) is 3.18. The van der Waals surface area contributed by atoms with Crippen LogP contribution in [0.1, 0.15) is 0 Å². The molecule has 0 aliphatic carbocycles. The Morgan fingerprint density at radius 2 is 1.92 bits per heavy atom. The Hall–Kier alpha value is -0.320. The van der Waals surface area contributed by atoms with Gasteiger partial charge < -0.3 is 9.79 Å². The highest BCUT2D eigenvalue weighted by Gasteiger charge is 2.11. The molecule has 5 nitrogen and oxygen atoms in total. The van der Waals surface area contributed by atoms with E-state index in [2.05, 4.69) is 4.98 Å². The third-order valence-corrected chi connectivity index (χ3v) is 1.45. The van der Waals surface area contributed by atoms with Crippen LogP contribution in [0.2, 0.25) is 0 Å². The van der Waals surface area contributed by atoms with Gasteiger partial charge in [0.1, 0.15) is 5.82 Å². The first kappa shape index (κ1) is 15.2. The third-order valence-electron chi connectivity index (χ3n) is 0.925. The van der Waals surface area contributed by atoms with E-state index in [4.69, 9.17) is 9.79 Å². The lowest BCUT2D eigenvalue weighted by molar-refractivity contribution is 0.380. The highest BCUT2D eigenvalue weighted by atomic mass is 35.5. The predicted octanol–water partition coefficient (Wildman–Crippen LogP) is 1.43. The molecular weight excluding hydrogens is 238 g/mol. The molecule has 0 aliphatic rings. The highest BCUT2D eigenvalue weighted by molar-refractivity contribution is 7.53. The number of pyridine rings is 1. The molecular formula is C5H9Cl2N2O3P. The minimum atomic E-state index is -4.20. The topological polar surface area (TPSA) is 82.5 Å². The van der Waals surface area contributed by atoms with Crippen molar-refractivity contribution >= 4 is 38.4 Å². The molecule has 0 saturated carbocycles. The molecule has 0 aliphatic heterocycles. The largest absolute Gasteiger partial charge is 0.428 e. The Morgan fingerprint density at radius 3 is 2.31 bits per heavy atom. The van der Waals surface area contributed by atoms with Gasteiger partial charge in [-0.25, -0.2) is 9.55 Å². The summed E-state index contributed by atoms with van der Waals surface area (Å²) in [5.41, 5.74) is 0. The number of aromatic nitrogens is 1. The lowest BCUT2D eigenvalue weighted by Gasteiger charge is -2.04. The van der Waals surface area contributed by atoms with Crippen LogP contribution in [0, 0.1) is 0 Å². The van der Waals surface area contributed by atoms with Crippen LogP contribution in [0.15, 0.2) is 24.4 Å². The summed E-state index contributed by atoms with van der Waals surface area (Å²) < 4.78 is 10.3. The van der Waals surface area contributed by atoms with Gasteiger partial charge in [-0.3, -0.25) is 5.09 Å². The average molecular weight is 247 g/mol. The van der Waals surface area contributed by atoms with E-state index >= 15 is 0 Å². The van der Waals surface area contributed by atoms with Crippen molar-refractivity contribution in [3.8, 4) is 0 Å². The van der Waals surface area contributed by atoms with Crippen LogP contribution in [0.25, 0.3) is 0 Å². The van der Waals surface area contributed by atoms with Gasteiger partial charge >= 0.3 is 7.75 Å². The molecule has 1 aromatic heterocycles. The molecule has 1 heterocycles. The number of rotatable bonds is 2. The molecule has 1 aromatic rings. The Bertz CT molecular complexity index is 278. The normalized spacial score (nSPS) is 9.38. The summed E-state index contributed by atoms with van der Waals surface area (Å²) in [5, 5.41) is 1.94. The number of hydrogen-bond acceptors (Lipinski definition) is 2. The summed E-state index contributed by atoms with van der Waals surface area (Å²) in [6.07, 6.45) is 1.44. The van der Waals surface area contributed by atoms with Crippen LogP contribution in [0.4, 0.5) is 5.82 Å². The van der Waals surface area contributed by atoms with Gasteiger partial charge in [-0.15, -0.1) is 24.8 Å². The number of anilines is 1.